The topological polar surface area (TPSA) is 140 Å². The zero-order chi connectivity index (χ0) is 15.1. The van der Waals surface area contributed by atoms with Crippen molar-refractivity contribution in [2.24, 2.45) is 0 Å². The Kier molecular flexibility index (Phi) is 3.68. The molecule has 10 heteroatoms. The Morgan fingerprint density at radius 3 is 2.90 bits per heavy atom. The number of imidazole rings is 1. The Bertz CT molecular complexity index is 665. The van der Waals surface area contributed by atoms with Crippen LogP contribution in [0.2, 0.25) is 5.28 Å². The summed E-state index contributed by atoms with van der Waals surface area (Å²) in [7, 11) is 0. The number of nitrogens with two attached hydrogens (primary N) is 1. The smallest absolute Gasteiger partial charge is 0.226 e. The second-order valence-electron chi connectivity index (χ2n) is 4.81. The minimum atomic E-state index is -1.15. The van der Waals surface area contributed by atoms with Gasteiger partial charge >= 0.3 is 0 Å². The van der Waals surface area contributed by atoms with Crippen LogP contribution in [0.1, 0.15) is 12.6 Å². The first-order valence-corrected chi connectivity index (χ1v) is 6.67. The van der Waals surface area contributed by atoms with Gasteiger partial charge in [-0.05, 0) is 11.6 Å². The van der Waals surface area contributed by atoms with E-state index in [2.05, 4.69) is 15.0 Å². The number of fused-ring (bicyclic) bond motifs is 1. The van der Waals surface area contributed by atoms with Gasteiger partial charge < -0.3 is 25.8 Å². The van der Waals surface area contributed by atoms with E-state index in [9.17, 15) is 15.3 Å². The number of aromatic nitrogens is 4. The van der Waals surface area contributed by atoms with Gasteiger partial charge in [-0.15, -0.1) is 0 Å². The molecule has 1 aliphatic rings. The second-order valence-corrected chi connectivity index (χ2v) is 5.15. The largest absolute Gasteiger partial charge is 0.394 e. The third-order valence-electron chi connectivity index (χ3n) is 3.46. The van der Waals surface area contributed by atoms with Crippen LogP contribution in [0.25, 0.3) is 11.2 Å². The van der Waals surface area contributed by atoms with Crippen molar-refractivity contribution in [2.45, 2.75) is 31.0 Å². The standard InChI is InChI=1S/C11H14ClN5O4/c12-11-15-9(13)7-10(16-11)17(3-14-7)6-1-4(19)8(20)5(2-18)21-6/h3-6,8,18-20H,1-2H2,(H2,13,15,16). The van der Waals surface area contributed by atoms with Gasteiger partial charge in [0.1, 0.15) is 24.0 Å². The first-order chi connectivity index (χ1) is 10.0. The van der Waals surface area contributed by atoms with Gasteiger partial charge in [0.15, 0.2) is 11.5 Å². The van der Waals surface area contributed by atoms with E-state index in [4.69, 9.17) is 22.1 Å². The molecule has 4 unspecified atom stereocenters. The maximum atomic E-state index is 9.87. The summed E-state index contributed by atoms with van der Waals surface area (Å²) in [5, 5.41) is 28.8. The molecule has 1 aliphatic heterocycles. The maximum Gasteiger partial charge on any atom is 0.226 e. The van der Waals surface area contributed by atoms with Crippen molar-refractivity contribution in [3.05, 3.63) is 11.6 Å². The van der Waals surface area contributed by atoms with Crippen LogP contribution in [-0.2, 0) is 4.74 Å². The van der Waals surface area contributed by atoms with Crippen LogP contribution in [0.3, 0.4) is 0 Å². The minimum Gasteiger partial charge on any atom is -0.394 e. The molecule has 3 heterocycles. The number of nitrogen functional groups attached to an aromatic ring is 1. The molecule has 0 radical (unpaired) electrons. The number of halogens is 1. The molecule has 9 nitrogen and oxygen atoms in total. The summed E-state index contributed by atoms with van der Waals surface area (Å²) in [5.74, 6) is 0.138. The molecule has 0 aliphatic carbocycles. The highest BCUT2D eigenvalue weighted by Gasteiger charge is 2.37. The van der Waals surface area contributed by atoms with Gasteiger partial charge in [-0.1, -0.05) is 0 Å². The van der Waals surface area contributed by atoms with Gasteiger partial charge in [-0.25, -0.2) is 4.98 Å². The summed E-state index contributed by atoms with van der Waals surface area (Å²) in [6.45, 7) is -0.417. The SMILES string of the molecule is Nc1nc(Cl)nc2c1ncn2C1CC(O)C(O)C(CO)O1. The van der Waals surface area contributed by atoms with Crippen LogP contribution < -0.4 is 5.73 Å². The van der Waals surface area contributed by atoms with Crippen molar-refractivity contribution in [1.82, 2.24) is 19.5 Å². The molecule has 114 valence electrons. The Morgan fingerprint density at radius 1 is 1.43 bits per heavy atom. The number of aliphatic hydroxyl groups excluding tert-OH is 3. The molecule has 21 heavy (non-hydrogen) atoms. The molecule has 0 amide bonds. The highest BCUT2D eigenvalue weighted by atomic mass is 35.5. The lowest BCUT2D eigenvalue weighted by Gasteiger charge is -2.36. The van der Waals surface area contributed by atoms with Crippen LogP contribution >= 0.6 is 11.6 Å². The van der Waals surface area contributed by atoms with Crippen molar-refractivity contribution < 1.29 is 20.1 Å². The number of hydrogen-bond donors (Lipinski definition) is 4. The van der Waals surface area contributed by atoms with E-state index in [-0.39, 0.29) is 17.5 Å². The number of hydrogen-bond acceptors (Lipinski definition) is 8. The normalized spacial score (nSPS) is 29.9. The molecule has 3 rings (SSSR count). The van der Waals surface area contributed by atoms with E-state index in [0.29, 0.717) is 11.2 Å². The molecule has 0 saturated carbocycles. The molecule has 4 atom stereocenters. The van der Waals surface area contributed by atoms with Crippen molar-refractivity contribution in [3.8, 4) is 0 Å². The Morgan fingerprint density at radius 2 is 2.19 bits per heavy atom. The van der Waals surface area contributed by atoms with Crippen molar-refractivity contribution in [3.63, 3.8) is 0 Å². The molecule has 5 N–H and O–H groups in total. The summed E-state index contributed by atoms with van der Waals surface area (Å²) < 4.78 is 7.11. The molecule has 0 bridgehead atoms. The van der Waals surface area contributed by atoms with E-state index in [0.717, 1.165) is 0 Å². The first kappa shape index (κ1) is 14.4. The van der Waals surface area contributed by atoms with Crippen LogP contribution in [0.15, 0.2) is 6.33 Å². The third-order valence-corrected chi connectivity index (χ3v) is 3.63. The highest BCUT2D eigenvalue weighted by Crippen LogP contribution is 2.30. The minimum absolute atomic E-state index is 0.0307. The fraction of sp³-hybridized carbons (Fsp3) is 0.545. The number of ether oxygens (including phenoxy) is 1. The Hall–Kier alpha value is -1.52. The van der Waals surface area contributed by atoms with E-state index < -0.39 is 31.1 Å². The van der Waals surface area contributed by atoms with E-state index in [1.807, 2.05) is 0 Å². The third kappa shape index (κ3) is 2.43. The maximum absolute atomic E-state index is 9.87. The number of anilines is 1. The average Bonchev–Trinajstić information content (AvgIpc) is 2.85. The van der Waals surface area contributed by atoms with Crippen molar-refractivity contribution >= 4 is 28.6 Å². The van der Waals surface area contributed by atoms with Gasteiger partial charge in [0.05, 0.1) is 19.0 Å². The monoisotopic (exact) mass is 315 g/mol. The molecule has 0 spiro atoms. The van der Waals surface area contributed by atoms with Gasteiger partial charge in [-0.3, -0.25) is 4.57 Å². The molecule has 2 aromatic rings. The summed E-state index contributed by atoms with van der Waals surface area (Å²) in [6, 6.07) is 0. The van der Waals surface area contributed by atoms with E-state index in [1.165, 1.54) is 10.9 Å². The molecular formula is C11H14ClN5O4. The summed E-state index contributed by atoms with van der Waals surface area (Å²) >= 11 is 5.79. The molecule has 2 aromatic heterocycles. The fourth-order valence-corrected chi connectivity index (χ4v) is 2.55. The lowest BCUT2D eigenvalue weighted by molar-refractivity contribution is -0.200. The lowest BCUT2D eigenvalue weighted by Crippen LogP contribution is -2.48. The first-order valence-electron chi connectivity index (χ1n) is 6.29. The predicted molar refractivity (Wildman–Crippen MR) is 72.4 cm³/mol. The summed E-state index contributed by atoms with van der Waals surface area (Å²) in [5.41, 5.74) is 6.45. The van der Waals surface area contributed by atoms with Crippen LogP contribution in [0, 0.1) is 0 Å². The number of nitrogens with zero attached hydrogens (tertiary/aromatic N) is 4. The van der Waals surface area contributed by atoms with Crippen LogP contribution in [0.5, 0.6) is 0 Å². The molecular weight excluding hydrogens is 302 g/mol. The van der Waals surface area contributed by atoms with Gasteiger partial charge in [0, 0.05) is 6.42 Å². The highest BCUT2D eigenvalue weighted by molar-refractivity contribution is 6.28. The average molecular weight is 316 g/mol. The van der Waals surface area contributed by atoms with Crippen LogP contribution in [-0.4, -0.2) is 59.8 Å². The second kappa shape index (κ2) is 5.35. The Labute approximate surface area is 124 Å². The number of rotatable bonds is 2. The van der Waals surface area contributed by atoms with Gasteiger partial charge in [0.25, 0.3) is 0 Å². The number of aliphatic hydroxyl groups is 3. The lowest BCUT2D eigenvalue weighted by atomic mass is 10.0. The van der Waals surface area contributed by atoms with E-state index >= 15 is 0 Å². The van der Waals surface area contributed by atoms with Crippen molar-refractivity contribution in [1.29, 1.82) is 0 Å². The van der Waals surface area contributed by atoms with Gasteiger partial charge in [0.2, 0.25) is 5.28 Å². The predicted octanol–water partition coefficient (Wildman–Crippen LogP) is -0.937. The summed E-state index contributed by atoms with van der Waals surface area (Å²) in [6.07, 6.45) is -2.18. The zero-order valence-electron chi connectivity index (χ0n) is 10.8. The molecule has 1 saturated heterocycles. The molecule has 0 aromatic carbocycles. The van der Waals surface area contributed by atoms with E-state index in [1.54, 1.807) is 0 Å². The summed E-state index contributed by atoms with van der Waals surface area (Å²) in [4.78, 5) is 12.0. The Balaban J connectivity index is 2.00. The van der Waals surface area contributed by atoms with Gasteiger partial charge in [-0.2, -0.15) is 9.97 Å². The van der Waals surface area contributed by atoms with Crippen molar-refractivity contribution in [2.75, 3.05) is 12.3 Å². The zero-order valence-corrected chi connectivity index (χ0v) is 11.6. The van der Waals surface area contributed by atoms with Crippen LogP contribution in [0.4, 0.5) is 5.82 Å². The quantitative estimate of drug-likeness (QED) is 0.521. The fourth-order valence-electron chi connectivity index (χ4n) is 2.38. The molecule has 1 fully saturated rings.